The Morgan fingerprint density at radius 1 is 1.26 bits per heavy atom. The fraction of sp³-hybridized carbons (Fsp3) is 0.400. The predicted molar refractivity (Wildman–Crippen MR) is 74.3 cm³/mol. The Morgan fingerprint density at radius 3 is 2.58 bits per heavy atom. The molecule has 3 nitrogen and oxygen atoms in total. The van der Waals surface area contributed by atoms with Crippen molar-refractivity contribution < 1.29 is 4.39 Å². The molecule has 0 spiro atoms. The minimum absolute atomic E-state index is 0.152. The van der Waals surface area contributed by atoms with Gasteiger partial charge in [-0.05, 0) is 37.1 Å². The van der Waals surface area contributed by atoms with Crippen molar-refractivity contribution in [3.05, 3.63) is 53.6 Å². The van der Waals surface area contributed by atoms with Gasteiger partial charge in [-0.25, -0.2) is 4.39 Å². The van der Waals surface area contributed by atoms with Crippen LogP contribution in [0.5, 0.6) is 0 Å². The Hall–Kier alpha value is -1.68. The molecule has 2 rings (SSSR count). The molecule has 0 saturated carbocycles. The summed E-state index contributed by atoms with van der Waals surface area (Å²) < 4.78 is 14.8. The normalized spacial score (nSPS) is 14.3. The second-order valence-corrected chi connectivity index (χ2v) is 4.91. The standard InChI is InChI=1S/C15H20FN3/c1-3-11(2)19-9-8-14(18-19)10-15(17)12-4-6-13(16)7-5-12/h4-9,11,15H,3,10,17H2,1-2H3. The van der Waals surface area contributed by atoms with Crippen molar-refractivity contribution in [1.29, 1.82) is 0 Å². The molecular weight excluding hydrogens is 241 g/mol. The summed E-state index contributed by atoms with van der Waals surface area (Å²) in [5.41, 5.74) is 8.02. The van der Waals surface area contributed by atoms with E-state index in [0.29, 0.717) is 12.5 Å². The Kier molecular flexibility index (Phi) is 4.32. The SMILES string of the molecule is CCC(C)n1ccc(CC(N)c2ccc(F)cc2)n1. The lowest BCUT2D eigenvalue weighted by Gasteiger charge is -2.11. The van der Waals surface area contributed by atoms with Gasteiger partial charge >= 0.3 is 0 Å². The molecule has 1 heterocycles. The largest absolute Gasteiger partial charge is 0.324 e. The lowest BCUT2D eigenvalue weighted by Crippen LogP contribution is -2.14. The number of halogens is 1. The molecule has 2 unspecified atom stereocenters. The lowest BCUT2D eigenvalue weighted by molar-refractivity contribution is 0.472. The number of aromatic nitrogens is 2. The van der Waals surface area contributed by atoms with Crippen LogP contribution in [-0.4, -0.2) is 9.78 Å². The van der Waals surface area contributed by atoms with E-state index < -0.39 is 0 Å². The summed E-state index contributed by atoms with van der Waals surface area (Å²) >= 11 is 0. The first-order chi connectivity index (χ1) is 9.10. The molecule has 19 heavy (non-hydrogen) atoms. The van der Waals surface area contributed by atoms with E-state index >= 15 is 0 Å². The highest BCUT2D eigenvalue weighted by Gasteiger charge is 2.10. The van der Waals surface area contributed by atoms with Crippen LogP contribution >= 0.6 is 0 Å². The third kappa shape index (κ3) is 3.41. The third-order valence-electron chi connectivity index (χ3n) is 3.43. The molecule has 0 radical (unpaired) electrons. The van der Waals surface area contributed by atoms with E-state index in [2.05, 4.69) is 18.9 Å². The average molecular weight is 261 g/mol. The monoisotopic (exact) mass is 261 g/mol. The molecular formula is C15H20FN3. The molecule has 2 N–H and O–H groups in total. The van der Waals surface area contributed by atoms with Crippen LogP contribution in [-0.2, 0) is 6.42 Å². The Labute approximate surface area is 113 Å². The number of nitrogens with zero attached hydrogens (tertiary/aromatic N) is 2. The zero-order chi connectivity index (χ0) is 13.8. The van der Waals surface area contributed by atoms with E-state index in [4.69, 9.17) is 5.73 Å². The Morgan fingerprint density at radius 2 is 1.95 bits per heavy atom. The molecule has 0 aliphatic rings. The molecule has 1 aromatic carbocycles. The van der Waals surface area contributed by atoms with Crippen LogP contribution in [0.1, 0.15) is 43.6 Å². The van der Waals surface area contributed by atoms with Crippen LogP contribution in [0.4, 0.5) is 4.39 Å². The summed E-state index contributed by atoms with van der Waals surface area (Å²) in [4.78, 5) is 0. The van der Waals surface area contributed by atoms with Gasteiger partial charge in [0.25, 0.3) is 0 Å². The second kappa shape index (κ2) is 5.97. The van der Waals surface area contributed by atoms with Gasteiger partial charge in [0.2, 0.25) is 0 Å². The summed E-state index contributed by atoms with van der Waals surface area (Å²) in [6.07, 6.45) is 3.70. The van der Waals surface area contributed by atoms with Gasteiger partial charge in [-0.15, -0.1) is 0 Å². The van der Waals surface area contributed by atoms with Crippen LogP contribution in [0, 0.1) is 5.82 Å². The lowest BCUT2D eigenvalue weighted by atomic mass is 10.0. The molecule has 0 saturated heterocycles. The zero-order valence-corrected chi connectivity index (χ0v) is 11.4. The van der Waals surface area contributed by atoms with Crippen LogP contribution in [0.3, 0.4) is 0 Å². The quantitative estimate of drug-likeness (QED) is 0.898. The van der Waals surface area contributed by atoms with Gasteiger partial charge in [-0.3, -0.25) is 4.68 Å². The fourth-order valence-electron chi connectivity index (χ4n) is 1.97. The van der Waals surface area contributed by atoms with Crippen molar-refractivity contribution in [2.45, 2.75) is 38.8 Å². The first-order valence-corrected chi connectivity index (χ1v) is 6.65. The van der Waals surface area contributed by atoms with Gasteiger partial charge < -0.3 is 5.73 Å². The molecule has 1 aromatic heterocycles. The smallest absolute Gasteiger partial charge is 0.123 e. The molecule has 0 amide bonds. The van der Waals surface area contributed by atoms with E-state index in [1.165, 1.54) is 12.1 Å². The molecule has 4 heteroatoms. The fourth-order valence-corrected chi connectivity index (χ4v) is 1.97. The summed E-state index contributed by atoms with van der Waals surface area (Å²) in [6.45, 7) is 4.27. The van der Waals surface area contributed by atoms with Crippen molar-refractivity contribution in [2.75, 3.05) is 0 Å². The van der Waals surface area contributed by atoms with Crippen LogP contribution < -0.4 is 5.73 Å². The Balaban J connectivity index is 2.04. The van der Waals surface area contributed by atoms with Crippen molar-refractivity contribution in [1.82, 2.24) is 9.78 Å². The summed E-state index contributed by atoms with van der Waals surface area (Å²) in [7, 11) is 0. The highest BCUT2D eigenvalue weighted by atomic mass is 19.1. The first kappa shape index (κ1) is 13.7. The topological polar surface area (TPSA) is 43.8 Å². The van der Waals surface area contributed by atoms with E-state index in [-0.39, 0.29) is 11.9 Å². The first-order valence-electron chi connectivity index (χ1n) is 6.65. The number of hydrogen-bond donors (Lipinski definition) is 1. The number of benzene rings is 1. The van der Waals surface area contributed by atoms with Gasteiger partial charge in [0.1, 0.15) is 5.82 Å². The molecule has 2 aromatic rings. The molecule has 0 aliphatic carbocycles. The van der Waals surface area contributed by atoms with E-state index in [0.717, 1.165) is 17.7 Å². The maximum Gasteiger partial charge on any atom is 0.123 e. The van der Waals surface area contributed by atoms with Crippen LogP contribution in [0.15, 0.2) is 36.5 Å². The van der Waals surface area contributed by atoms with Gasteiger partial charge in [0.15, 0.2) is 0 Å². The molecule has 0 fully saturated rings. The van der Waals surface area contributed by atoms with Crippen LogP contribution in [0.2, 0.25) is 0 Å². The minimum atomic E-state index is -0.239. The maximum atomic E-state index is 12.9. The summed E-state index contributed by atoms with van der Waals surface area (Å²) in [6, 6.07) is 8.57. The maximum absolute atomic E-state index is 12.9. The van der Waals surface area contributed by atoms with E-state index in [1.54, 1.807) is 12.1 Å². The van der Waals surface area contributed by atoms with Crippen molar-refractivity contribution in [2.24, 2.45) is 5.73 Å². The van der Waals surface area contributed by atoms with Crippen molar-refractivity contribution >= 4 is 0 Å². The Bertz CT molecular complexity index is 518. The molecule has 2 atom stereocenters. The molecule has 0 bridgehead atoms. The van der Waals surface area contributed by atoms with E-state index in [1.807, 2.05) is 16.9 Å². The second-order valence-electron chi connectivity index (χ2n) is 4.91. The number of nitrogens with two attached hydrogens (primary N) is 1. The predicted octanol–water partition coefficient (Wildman–Crippen LogP) is 3.24. The molecule has 0 aliphatic heterocycles. The highest BCUT2D eigenvalue weighted by molar-refractivity contribution is 5.21. The van der Waals surface area contributed by atoms with Gasteiger partial charge in [-0.2, -0.15) is 5.10 Å². The van der Waals surface area contributed by atoms with Crippen molar-refractivity contribution in [3.63, 3.8) is 0 Å². The van der Waals surface area contributed by atoms with Gasteiger partial charge in [-0.1, -0.05) is 19.1 Å². The summed E-state index contributed by atoms with van der Waals surface area (Å²) in [5, 5.41) is 4.53. The van der Waals surface area contributed by atoms with Crippen LogP contribution in [0.25, 0.3) is 0 Å². The number of hydrogen-bond acceptors (Lipinski definition) is 2. The zero-order valence-electron chi connectivity index (χ0n) is 11.4. The molecule has 102 valence electrons. The minimum Gasteiger partial charge on any atom is -0.324 e. The van der Waals surface area contributed by atoms with Crippen molar-refractivity contribution in [3.8, 4) is 0 Å². The third-order valence-corrected chi connectivity index (χ3v) is 3.43. The van der Waals surface area contributed by atoms with Gasteiger partial charge in [0.05, 0.1) is 5.69 Å². The highest BCUT2D eigenvalue weighted by Crippen LogP contribution is 2.17. The summed E-state index contributed by atoms with van der Waals surface area (Å²) in [5.74, 6) is -0.239. The van der Waals surface area contributed by atoms with Gasteiger partial charge in [0, 0.05) is 24.7 Å². The van der Waals surface area contributed by atoms with E-state index in [9.17, 15) is 4.39 Å². The average Bonchev–Trinajstić information content (AvgIpc) is 2.87. The number of rotatable bonds is 5.